The molecule has 2 unspecified atom stereocenters. The summed E-state index contributed by atoms with van der Waals surface area (Å²) in [5.41, 5.74) is -0.230. The van der Waals surface area contributed by atoms with E-state index >= 15 is 0 Å². The molecule has 2 heterocycles. The highest BCUT2D eigenvalue weighted by Gasteiger charge is 2.40. The highest BCUT2D eigenvalue weighted by Crippen LogP contribution is 2.34. The molecule has 0 aromatic heterocycles. The molecule has 0 spiro atoms. The number of nitrogens with zero attached hydrogens (tertiary/aromatic N) is 1. The lowest BCUT2D eigenvalue weighted by Gasteiger charge is -2.36. The highest BCUT2D eigenvalue weighted by molar-refractivity contribution is 5.82. The average Bonchev–Trinajstić information content (AvgIpc) is 2.32. The molecule has 2 aliphatic heterocycles. The Labute approximate surface area is 86.0 Å². The predicted molar refractivity (Wildman–Crippen MR) is 56.9 cm³/mol. The van der Waals surface area contributed by atoms with E-state index in [0.717, 1.165) is 12.8 Å². The third kappa shape index (κ3) is 1.47. The van der Waals surface area contributed by atoms with Gasteiger partial charge in [-0.05, 0) is 19.3 Å². The molecular weight excluding hydrogens is 174 g/mol. The van der Waals surface area contributed by atoms with Crippen molar-refractivity contribution >= 4 is 5.91 Å². The van der Waals surface area contributed by atoms with E-state index in [0.29, 0.717) is 18.0 Å². The van der Waals surface area contributed by atoms with E-state index in [4.69, 9.17) is 0 Å². The molecule has 2 bridgehead atoms. The number of hydrogen-bond acceptors (Lipinski definition) is 1. The Kier molecular flexibility index (Phi) is 2.17. The summed E-state index contributed by atoms with van der Waals surface area (Å²) in [5, 5.41) is 0. The SMILES string of the molecule is CC(C)(C)C(=O)N1C2C=CCC1CC2. The summed E-state index contributed by atoms with van der Waals surface area (Å²) >= 11 is 0. The first kappa shape index (κ1) is 9.75. The van der Waals surface area contributed by atoms with Crippen molar-refractivity contribution in [3.8, 4) is 0 Å². The quantitative estimate of drug-likeness (QED) is 0.541. The molecule has 2 atom stereocenters. The zero-order chi connectivity index (χ0) is 10.3. The Morgan fingerprint density at radius 3 is 2.64 bits per heavy atom. The molecule has 0 aromatic carbocycles. The fourth-order valence-corrected chi connectivity index (χ4v) is 2.43. The average molecular weight is 193 g/mol. The van der Waals surface area contributed by atoms with Gasteiger partial charge in [-0.25, -0.2) is 0 Å². The fourth-order valence-electron chi connectivity index (χ4n) is 2.43. The molecular formula is C12H19NO. The Bertz CT molecular complexity index is 275. The predicted octanol–water partition coefficient (Wildman–Crippen LogP) is 2.35. The molecule has 2 nitrogen and oxygen atoms in total. The van der Waals surface area contributed by atoms with Gasteiger partial charge in [0, 0.05) is 11.5 Å². The van der Waals surface area contributed by atoms with Crippen LogP contribution in [0.4, 0.5) is 0 Å². The number of hydrogen-bond donors (Lipinski definition) is 0. The number of rotatable bonds is 0. The lowest BCUT2D eigenvalue weighted by atomic mass is 9.93. The van der Waals surface area contributed by atoms with Crippen LogP contribution in [0.1, 0.15) is 40.0 Å². The molecule has 14 heavy (non-hydrogen) atoms. The Morgan fingerprint density at radius 1 is 1.36 bits per heavy atom. The van der Waals surface area contributed by atoms with Crippen molar-refractivity contribution in [2.24, 2.45) is 5.41 Å². The van der Waals surface area contributed by atoms with Gasteiger partial charge in [-0.15, -0.1) is 0 Å². The smallest absolute Gasteiger partial charge is 0.228 e. The van der Waals surface area contributed by atoms with E-state index in [9.17, 15) is 4.79 Å². The second-order valence-corrected chi connectivity index (χ2v) is 5.42. The molecule has 0 N–H and O–H groups in total. The van der Waals surface area contributed by atoms with Gasteiger partial charge in [0.25, 0.3) is 0 Å². The van der Waals surface area contributed by atoms with Gasteiger partial charge < -0.3 is 4.90 Å². The Hall–Kier alpha value is -0.790. The minimum Gasteiger partial charge on any atom is -0.333 e. The number of carbonyl (C=O) groups is 1. The van der Waals surface area contributed by atoms with Crippen molar-refractivity contribution in [1.29, 1.82) is 0 Å². The van der Waals surface area contributed by atoms with E-state index in [2.05, 4.69) is 17.1 Å². The van der Waals surface area contributed by atoms with E-state index < -0.39 is 0 Å². The molecule has 0 saturated carbocycles. The minimum absolute atomic E-state index is 0.230. The summed E-state index contributed by atoms with van der Waals surface area (Å²) in [7, 11) is 0. The molecule has 2 aliphatic rings. The van der Waals surface area contributed by atoms with Crippen LogP contribution in [0.25, 0.3) is 0 Å². The van der Waals surface area contributed by atoms with Gasteiger partial charge in [-0.2, -0.15) is 0 Å². The van der Waals surface area contributed by atoms with Gasteiger partial charge in [0.2, 0.25) is 5.91 Å². The summed E-state index contributed by atoms with van der Waals surface area (Å²) in [6.07, 6.45) is 7.82. The largest absolute Gasteiger partial charge is 0.333 e. The maximum atomic E-state index is 12.2. The number of amides is 1. The van der Waals surface area contributed by atoms with Crippen LogP contribution in [0.5, 0.6) is 0 Å². The van der Waals surface area contributed by atoms with Crippen LogP contribution < -0.4 is 0 Å². The third-order valence-corrected chi connectivity index (χ3v) is 3.19. The summed E-state index contributed by atoms with van der Waals surface area (Å²) in [4.78, 5) is 14.3. The molecule has 1 saturated heterocycles. The highest BCUT2D eigenvalue weighted by atomic mass is 16.2. The molecule has 0 radical (unpaired) electrons. The van der Waals surface area contributed by atoms with Crippen LogP contribution in [-0.4, -0.2) is 22.9 Å². The lowest BCUT2D eigenvalue weighted by molar-refractivity contribution is -0.141. The fraction of sp³-hybridized carbons (Fsp3) is 0.750. The third-order valence-electron chi connectivity index (χ3n) is 3.19. The second kappa shape index (κ2) is 3.11. The van der Waals surface area contributed by atoms with Gasteiger partial charge in [-0.1, -0.05) is 32.9 Å². The Balaban J connectivity index is 2.20. The maximum absolute atomic E-state index is 12.2. The number of fused-ring (bicyclic) bond motifs is 2. The van der Waals surface area contributed by atoms with Crippen molar-refractivity contribution in [1.82, 2.24) is 4.90 Å². The van der Waals surface area contributed by atoms with Crippen LogP contribution in [0.2, 0.25) is 0 Å². The first-order chi connectivity index (χ1) is 6.50. The topological polar surface area (TPSA) is 20.3 Å². The molecule has 0 aromatic rings. The van der Waals surface area contributed by atoms with Gasteiger partial charge >= 0.3 is 0 Å². The lowest BCUT2D eigenvalue weighted by Crippen LogP contribution is -2.47. The van der Waals surface area contributed by atoms with E-state index in [1.807, 2.05) is 20.8 Å². The maximum Gasteiger partial charge on any atom is 0.228 e. The van der Waals surface area contributed by atoms with Crippen molar-refractivity contribution < 1.29 is 4.79 Å². The van der Waals surface area contributed by atoms with Crippen molar-refractivity contribution in [2.45, 2.75) is 52.1 Å². The summed E-state index contributed by atoms with van der Waals surface area (Å²) in [5.74, 6) is 0.314. The van der Waals surface area contributed by atoms with Crippen molar-refractivity contribution in [3.05, 3.63) is 12.2 Å². The second-order valence-electron chi connectivity index (χ2n) is 5.42. The van der Waals surface area contributed by atoms with Crippen LogP contribution in [0.15, 0.2) is 12.2 Å². The summed E-state index contributed by atoms with van der Waals surface area (Å²) in [6.45, 7) is 6.02. The van der Waals surface area contributed by atoms with Crippen LogP contribution in [0.3, 0.4) is 0 Å². The molecule has 2 rings (SSSR count). The normalized spacial score (nSPS) is 30.9. The first-order valence-corrected chi connectivity index (χ1v) is 5.49. The standard InChI is InChI=1S/C12H19NO/c1-12(2,3)11(14)13-9-5-4-6-10(13)8-7-9/h4-5,9-10H,6-8H2,1-3H3. The zero-order valence-corrected chi connectivity index (χ0v) is 9.29. The number of carbonyl (C=O) groups excluding carboxylic acids is 1. The first-order valence-electron chi connectivity index (χ1n) is 5.49. The van der Waals surface area contributed by atoms with Crippen LogP contribution in [-0.2, 0) is 4.79 Å². The van der Waals surface area contributed by atoms with Crippen LogP contribution in [0, 0.1) is 5.41 Å². The monoisotopic (exact) mass is 193 g/mol. The molecule has 1 fully saturated rings. The minimum atomic E-state index is -0.230. The van der Waals surface area contributed by atoms with Crippen LogP contribution >= 0.6 is 0 Å². The molecule has 1 amide bonds. The molecule has 78 valence electrons. The summed E-state index contributed by atoms with van der Waals surface area (Å²) < 4.78 is 0. The van der Waals surface area contributed by atoms with Gasteiger partial charge in [0.05, 0.1) is 6.04 Å². The zero-order valence-electron chi connectivity index (χ0n) is 9.29. The van der Waals surface area contributed by atoms with Gasteiger partial charge in [0.1, 0.15) is 0 Å². The summed E-state index contributed by atoms with van der Waals surface area (Å²) in [6, 6.07) is 0.872. The molecule has 0 aliphatic carbocycles. The molecule has 2 heteroatoms. The van der Waals surface area contributed by atoms with E-state index in [1.54, 1.807) is 0 Å². The van der Waals surface area contributed by atoms with Crippen molar-refractivity contribution in [3.63, 3.8) is 0 Å². The van der Waals surface area contributed by atoms with E-state index in [-0.39, 0.29) is 5.41 Å². The Morgan fingerprint density at radius 2 is 2.07 bits per heavy atom. The van der Waals surface area contributed by atoms with Gasteiger partial charge in [0.15, 0.2) is 0 Å². The van der Waals surface area contributed by atoms with E-state index in [1.165, 1.54) is 6.42 Å². The van der Waals surface area contributed by atoms with Crippen molar-refractivity contribution in [2.75, 3.05) is 0 Å². The van der Waals surface area contributed by atoms with Gasteiger partial charge in [-0.3, -0.25) is 4.79 Å².